The molecule has 1 aromatic carbocycles. The fourth-order valence-electron chi connectivity index (χ4n) is 1.46. The quantitative estimate of drug-likeness (QED) is 0.644. The molecule has 2 N–H and O–H groups in total. The zero-order valence-electron chi connectivity index (χ0n) is 10.6. The number of nitrogen functional groups attached to an aromatic ring is 1. The van der Waals surface area contributed by atoms with Gasteiger partial charge in [0.05, 0.1) is 6.20 Å². The number of carbonyl (C=O) groups is 1. The molecular weight excluding hydrogens is 246 g/mol. The van der Waals surface area contributed by atoms with Gasteiger partial charge < -0.3 is 15.2 Å². The topological polar surface area (TPSA) is 79.4 Å². The van der Waals surface area contributed by atoms with Crippen LogP contribution in [-0.4, -0.2) is 22.4 Å². The second-order valence-electron chi connectivity index (χ2n) is 4.04. The number of nitrogens with two attached hydrogens (primary N) is 1. The molecule has 100 valence electrons. The zero-order chi connectivity index (χ0) is 13.7. The van der Waals surface area contributed by atoms with E-state index in [4.69, 9.17) is 15.2 Å². The van der Waals surface area contributed by atoms with E-state index in [2.05, 4.69) is 5.10 Å². The molecule has 6 nitrogen and oxygen atoms in total. The molecule has 0 unspecified atom stereocenters. The minimum absolute atomic E-state index is 0.135. The van der Waals surface area contributed by atoms with Crippen molar-refractivity contribution in [2.75, 3.05) is 12.3 Å². The number of hydrogen-bond donors (Lipinski definition) is 1. The highest BCUT2D eigenvalue weighted by atomic mass is 16.6. The average molecular weight is 261 g/mol. The molecule has 0 aliphatic heterocycles. The lowest BCUT2D eigenvalue weighted by atomic mass is 10.3. The molecule has 0 bridgehead atoms. The van der Waals surface area contributed by atoms with Crippen LogP contribution in [0, 0.1) is 0 Å². The minimum Gasteiger partial charge on any atom is -0.482 e. The third-order valence-corrected chi connectivity index (χ3v) is 2.39. The summed E-state index contributed by atoms with van der Waals surface area (Å²) < 4.78 is 12.0. The Labute approximate surface area is 110 Å². The van der Waals surface area contributed by atoms with Gasteiger partial charge in [0.2, 0.25) is 0 Å². The van der Waals surface area contributed by atoms with Gasteiger partial charge in [-0.25, -0.2) is 4.79 Å². The van der Waals surface area contributed by atoms with Crippen molar-refractivity contribution >= 4 is 11.7 Å². The molecule has 0 amide bonds. The number of aryl methyl sites for hydroxylation is 1. The van der Waals surface area contributed by atoms with Crippen LogP contribution in [0.3, 0.4) is 0 Å². The van der Waals surface area contributed by atoms with Crippen LogP contribution >= 0.6 is 0 Å². The van der Waals surface area contributed by atoms with Crippen LogP contribution < -0.4 is 10.5 Å². The lowest BCUT2D eigenvalue weighted by Gasteiger charge is -2.06. The molecule has 6 heteroatoms. The number of nitrogens with zero attached hydrogens (tertiary/aromatic N) is 2. The summed E-state index contributed by atoms with van der Waals surface area (Å²) in [6, 6.07) is 6.81. The number of anilines is 1. The highest BCUT2D eigenvalue weighted by Gasteiger charge is 2.05. The second-order valence-corrected chi connectivity index (χ2v) is 4.04. The number of rotatable bonds is 5. The molecule has 0 atom stereocenters. The summed E-state index contributed by atoms with van der Waals surface area (Å²) in [6.45, 7) is 0.0575. The van der Waals surface area contributed by atoms with Gasteiger partial charge in [0.1, 0.15) is 12.4 Å². The van der Waals surface area contributed by atoms with E-state index in [1.165, 1.54) is 0 Å². The van der Waals surface area contributed by atoms with E-state index in [1.807, 2.05) is 0 Å². The van der Waals surface area contributed by atoms with Crippen molar-refractivity contribution in [3.63, 3.8) is 0 Å². The fraction of sp³-hybridized carbons (Fsp3) is 0.231. The molecule has 2 aromatic rings. The maximum absolute atomic E-state index is 11.5. The van der Waals surface area contributed by atoms with Crippen molar-refractivity contribution in [3.05, 3.63) is 42.2 Å². The van der Waals surface area contributed by atoms with Gasteiger partial charge in [0.25, 0.3) is 0 Å². The third-order valence-electron chi connectivity index (χ3n) is 2.39. The van der Waals surface area contributed by atoms with Gasteiger partial charge in [-0.2, -0.15) is 5.10 Å². The number of aromatic nitrogens is 2. The van der Waals surface area contributed by atoms with Crippen molar-refractivity contribution in [1.29, 1.82) is 0 Å². The summed E-state index contributed by atoms with van der Waals surface area (Å²) in [5, 5.41) is 3.98. The van der Waals surface area contributed by atoms with Crippen molar-refractivity contribution in [2.45, 2.75) is 6.61 Å². The molecule has 0 saturated heterocycles. The van der Waals surface area contributed by atoms with E-state index in [1.54, 1.807) is 48.4 Å². The predicted octanol–water partition coefficient (Wildman–Crippen LogP) is 1.12. The van der Waals surface area contributed by atoms with Crippen LogP contribution in [0.25, 0.3) is 0 Å². The summed E-state index contributed by atoms with van der Waals surface area (Å²) in [7, 11) is 1.80. The summed E-state index contributed by atoms with van der Waals surface area (Å²) in [6.07, 6.45) is 3.43. The normalized spacial score (nSPS) is 10.2. The smallest absolute Gasteiger partial charge is 0.344 e. The first kappa shape index (κ1) is 12.9. The predicted molar refractivity (Wildman–Crippen MR) is 69.4 cm³/mol. The highest BCUT2D eigenvalue weighted by Crippen LogP contribution is 2.12. The van der Waals surface area contributed by atoms with Gasteiger partial charge in [-0.05, 0) is 24.3 Å². The van der Waals surface area contributed by atoms with Crippen LogP contribution in [0.2, 0.25) is 0 Å². The van der Waals surface area contributed by atoms with Gasteiger partial charge in [-0.15, -0.1) is 0 Å². The zero-order valence-corrected chi connectivity index (χ0v) is 10.6. The molecule has 19 heavy (non-hydrogen) atoms. The summed E-state index contributed by atoms with van der Waals surface area (Å²) >= 11 is 0. The number of benzene rings is 1. The van der Waals surface area contributed by atoms with Crippen molar-refractivity contribution < 1.29 is 14.3 Å². The molecule has 1 heterocycles. The van der Waals surface area contributed by atoms with E-state index < -0.39 is 5.97 Å². The van der Waals surface area contributed by atoms with Crippen LogP contribution in [-0.2, 0) is 23.2 Å². The van der Waals surface area contributed by atoms with Crippen LogP contribution in [0.4, 0.5) is 5.69 Å². The molecule has 0 fully saturated rings. The summed E-state index contributed by atoms with van der Waals surface area (Å²) in [5.74, 6) is 0.146. The molecule has 1 aromatic heterocycles. The molecule has 0 saturated carbocycles. The lowest BCUT2D eigenvalue weighted by molar-refractivity contribution is -0.147. The standard InChI is InChI=1S/C13H15N3O3/c1-16-7-10(6-15-16)8-19-13(17)9-18-12-4-2-11(14)3-5-12/h2-7H,8-9,14H2,1H3. The van der Waals surface area contributed by atoms with E-state index in [9.17, 15) is 4.79 Å². The Morgan fingerprint density at radius 1 is 1.37 bits per heavy atom. The van der Waals surface area contributed by atoms with Gasteiger partial charge in [0, 0.05) is 24.5 Å². The van der Waals surface area contributed by atoms with Crippen LogP contribution in [0.15, 0.2) is 36.7 Å². The first-order valence-corrected chi connectivity index (χ1v) is 5.75. The maximum atomic E-state index is 11.5. The largest absolute Gasteiger partial charge is 0.482 e. The van der Waals surface area contributed by atoms with Crippen molar-refractivity contribution in [1.82, 2.24) is 9.78 Å². The van der Waals surface area contributed by atoms with Crippen molar-refractivity contribution in [3.8, 4) is 5.75 Å². The number of carbonyl (C=O) groups excluding carboxylic acids is 1. The fourth-order valence-corrected chi connectivity index (χ4v) is 1.46. The lowest BCUT2D eigenvalue weighted by Crippen LogP contribution is -2.14. The Morgan fingerprint density at radius 3 is 2.74 bits per heavy atom. The third kappa shape index (κ3) is 4.02. The van der Waals surface area contributed by atoms with E-state index in [0.29, 0.717) is 11.4 Å². The minimum atomic E-state index is -0.430. The Bertz CT molecular complexity index is 549. The Balaban J connectivity index is 1.74. The van der Waals surface area contributed by atoms with Gasteiger partial charge >= 0.3 is 5.97 Å². The molecule has 0 radical (unpaired) electrons. The van der Waals surface area contributed by atoms with Gasteiger partial charge in [-0.3, -0.25) is 4.68 Å². The molecular formula is C13H15N3O3. The molecule has 0 spiro atoms. The van der Waals surface area contributed by atoms with E-state index in [-0.39, 0.29) is 13.2 Å². The van der Waals surface area contributed by atoms with Crippen molar-refractivity contribution in [2.24, 2.45) is 7.05 Å². The number of hydrogen-bond acceptors (Lipinski definition) is 5. The van der Waals surface area contributed by atoms with Crippen LogP contribution in [0.5, 0.6) is 5.75 Å². The maximum Gasteiger partial charge on any atom is 0.344 e. The van der Waals surface area contributed by atoms with Crippen LogP contribution in [0.1, 0.15) is 5.56 Å². The summed E-state index contributed by atoms with van der Waals surface area (Å²) in [4.78, 5) is 11.5. The van der Waals surface area contributed by atoms with E-state index in [0.717, 1.165) is 5.56 Å². The molecule has 0 aliphatic rings. The SMILES string of the molecule is Cn1cc(COC(=O)COc2ccc(N)cc2)cn1. The Kier molecular flexibility index (Phi) is 4.02. The number of esters is 1. The first-order chi connectivity index (χ1) is 9.13. The average Bonchev–Trinajstić information content (AvgIpc) is 2.81. The Hall–Kier alpha value is -2.50. The summed E-state index contributed by atoms with van der Waals surface area (Å²) in [5.41, 5.74) is 7.02. The first-order valence-electron chi connectivity index (χ1n) is 5.75. The monoisotopic (exact) mass is 261 g/mol. The molecule has 2 rings (SSSR count). The van der Waals surface area contributed by atoms with E-state index >= 15 is 0 Å². The second kappa shape index (κ2) is 5.90. The Morgan fingerprint density at radius 2 is 2.11 bits per heavy atom. The van der Waals surface area contributed by atoms with Gasteiger partial charge in [0.15, 0.2) is 6.61 Å². The van der Waals surface area contributed by atoms with Gasteiger partial charge in [-0.1, -0.05) is 0 Å². The number of ether oxygens (including phenoxy) is 2. The molecule has 0 aliphatic carbocycles. The highest BCUT2D eigenvalue weighted by molar-refractivity contribution is 5.71.